The molecule has 0 aliphatic rings. The second-order valence-electron chi connectivity index (χ2n) is 7.37. The molecule has 0 amide bonds. The Labute approximate surface area is 115 Å². The lowest BCUT2D eigenvalue weighted by molar-refractivity contribution is 0.0797. The number of hydrogen-bond donors (Lipinski definition) is 1. The van der Waals surface area contributed by atoms with E-state index in [1.54, 1.807) is 0 Å². The molecular formula is C16H35NO. The summed E-state index contributed by atoms with van der Waals surface area (Å²) < 4.78 is 5.72. The van der Waals surface area contributed by atoms with Crippen molar-refractivity contribution in [3.05, 3.63) is 0 Å². The highest BCUT2D eigenvalue weighted by Crippen LogP contribution is 2.28. The van der Waals surface area contributed by atoms with E-state index in [4.69, 9.17) is 4.74 Å². The Morgan fingerprint density at radius 2 is 1.56 bits per heavy atom. The van der Waals surface area contributed by atoms with Crippen molar-refractivity contribution in [2.45, 2.75) is 54.9 Å². The van der Waals surface area contributed by atoms with Crippen molar-refractivity contribution in [1.82, 2.24) is 5.32 Å². The van der Waals surface area contributed by atoms with Crippen LogP contribution in [0.2, 0.25) is 0 Å². The highest BCUT2D eigenvalue weighted by Gasteiger charge is 2.23. The summed E-state index contributed by atoms with van der Waals surface area (Å²) in [6.45, 7) is 19.9. The third-order valence-corrected chi connectivity index (χ3v) is 3.23. The molecule has 0 aromatic heterocycles. The topological polar surface area (TPSA) is 21.3 Å². The van der Waals surface area contributed by atoms with E-state index in [9.17, 15) is 0 Å². The van der Waals surface area contributed by atoms with E-state index in [0.29, 0.717) is 17.3 Å². The third kappa shape index (κ3) is 9.90. The molecule has 0 aromatic rings. The molecule has 0 fully saturated rings. The van der Waals surface area contributed by atoms with Gasteiger partial charge in [0.25, 0.3) is 0 Å². The van der Waals surface area contributed by atoms with Crippen LogP contribution in [0.25, 0.3) is 0 Å². The Morgan fingerprint density at radius 3 is 2.00 bits per heavy atom. The van der Waals surface area contributed by atoms with Gasteiger partial charge in [0.05, 0.1) is 0 Å². The van der Waals surface area contributed by atoms with Crippen molar-refractivity contribution in [2.24, 2.45) is 23.2 Å². The summed E-state index contributed by atoms with van der Waals surface area (Å²) in [7, 11) is 0. The first-order valence-corrected chi connectivity index (χ1v) is 7.52. The first-order valence-electron chi connectivity index (χ1n) is 7.52. The van der Waals surface area contributed by atoms with Crippen LogP contribution in [0.3, 0.4) is 0 Å². The van der Waals surface area contributed by atoms with Crippen molar-refractivity contribution in [3.63, 3.8) is 0 Å². The molecule has 2 heteroatoms. The Morgan fingerprint density at radius 1 is 0.944 bits per heavy atom. The minimum Gasteiger partial charge on any atom is -0.381 e. The predicted molar refractivity (Wildman–Crippen MR) is 80.9 cm³/mol. The average Bonchev–Trinajstić information content (AvgIpc) is 2.18. The summed E-state index contributed by atoms with van der Waals surface area (Å²) in [5.74, 6) is 2.04. The van der Waals surface area contributed by atoms with Gasteiger partial charge in [0.1, 0.15) is 0 Å². The van der Waals surface area contributed by atoms with Gasteiger partial charge in [-0.15, -0.1) is 0 Å². The van der Waals surface area contributed by atoms with Crippen LogP contribution in [-0.2, 0) is 4.74 Å². The van der Waals surface area contributed by atoms with Crippen LogP contribution in [0.4, 0.5) is 0 Å². The van der Waals surface area contributed by atoms with Crippen molar-refractivity contribution >= 4 is 0 Å². The van der Waals surface area contributed by atoms with Gasteiger partial charge in [-0.2, -0.15) is 0 Å². The number of rotatable bonds is 9. The molecule has 0 aliphatic carbocycles. The molecule has 0 spiro atoms. The van der Waals surface area contributed by atoms with E-state index >= 15 is 0 Å². The summed E-state index contributed by atoms with van der Waals surface area (Å²) in [5, 5.41) is 3.59. The normalized spacial score (nSPS) is 14.5. The number of nitrogens with one attached hydrogen (secondary N) is 1. The van der Waals surface area contributed by atoms with E-state index in [-0.39, 0.29) is 0 Å². The second-order valence-corrected chi connectivity index (χ2v) is 7.37. The van der Waals surface area contributed by atoms with Gasteiger partial charge in [-0.3, -0.25) is 0 Å². The highest BCUT2D eigenvalue weighted by atomic mass is 16.5. The first kappa shape index (κ1) is 17.9. The molecule has 0 radical (unpaired) electrons. The molecule has 0 rings (SSSR count). The Hall–Kier alpha value is -0.0800. The second kappa shape index (κ2) is 8.92. The molecule has 0 saturated heterocycles. The standard InChI is InChI=1S/C16H35NO/c1-13(2)10-17-11-15(16(5,6)7)8-9-18-12-14(3)4/h13-15,17H,8-12H2,1-7H3. The molecule has 0 heterocycles. The molecule has 1 unspecified atom stereocenters. The minimum atomic E-state index is 0.352. The molecule has 110 valence electrons. The summed E-state index contributed by atoms with van der Waals surface area (Å²) in [4.78, 5) is 0. The fraction of sp³-hybridized carbons (Fsp3) is 1.00. The Balaban J connectivity index is 3.93. The predicted octanol–water partition coefficient (Wildman–Crippen LogP) is 3.96. The van der Waals surface area contributed by atoms with Crippen LogP contribution in [0.1, 0.15) is 54.9 Å². The van der Waals surface area contributed by atoms with Crippen molar-refractivity contribution in [2.75, 3.05) is 26.3 Å². The lowest BCUT2D eigenvalue weighted by Gasteiger charge is -2.31. The van der Waals surface area contributed by atoms with Gasteiger partial charge in [0.15, 0.2) is 0 Å². The zero-order valence-corrected chi connectivity index (χ0v) is 13.7. The summed E-state index contributed by atoms with van der Waals surface area (Å²) in [5.41, 5.74) is 0.352. The molecule has 0 saturated carbocycles. The van der Waals surface area contributed by atoms with Crippen LogP contribution in [0.5, 0.6) is 0 Å². The van der Waals surface area contributed by atoms with Gasteiger partial charge in [0, 0.05) is 13.2 Å². The summed E-state index contributed by atoms with van der Waals surface area (Å²) in [6, 6.07) is 0. The Bertz CT molecular complexity index is 194. The van der Waals surface area contributed by atoms with Crippen LogP contribution in [0.15, 0.2) is 0 Å². The van der Waals surface area contributed by atoms with Gasteiger partial charge >= 0.3 is 0 Å². The zero-order chi connectivity index (χ0) is 14.2. The van der Waals surface area contributed by atoms with E-state index in [2.05, 4.69) is 53.8 Å². The lowest BCUT2D eigenvalue weighted by Crippen LogP contribution is -2.34. The number of hydrogen-bond acceptors (Lipinski definition) is 2. The lowest BCUT2D eigenvalue weighted by atomic mass is 9.79. The van der Waals surface area contributed by atoms with E-state index in [1.165, 1.54) is 0 Å². The Kier molecular flexibility index (Phi) is 8.89. The molecule has 0 bridgehead atoms. The molecule has 2 nitrogen and oxygen atoms in total. The largest absolute Gasteiger partial charge is 0.381 e. The van der Waals surface area contributed by atoms with Crippen LogP contribution in [-0.4, -0.2) is 26.3 Å². The summed E-state index contributed by atoms with van der Waals surface area (Å²) >= 11 is 0. The fourth-order valence-corrected chi connectivity index (χ4v) is 1.93. The van der Waals surface area contributed by atoms with Crippen LogP contribution in [0, 0.1) is 23.2 Å². The van der Waals surface area contributed by atoms with Gasteiger partial charge < -0.3 is 10.1 Å². The SMILES string of the molecule is CC(C)CNCC(CCOCC(C)C)C(C)(C)C. The molecule has 18 heavy (non-hydrogen) atoms. The van der Waals surface area contributed by atoms with Crippen molar-refractivity contribution in [1.29, 1.82) is 0 Å². The van der Waals surface area contributed by atoms with E-state index in [1.807, 2.05) is 0 Å². The average molecular weight is 257 g/mol. The minimum absolute atomic E-state index is 0.352. The zero-order valence-electron chi connectivity index (χ0n) is 13.7. The van der Waals surface area contributed by atoms with Crippen LogP contribution < -0.4 is 5.32 Å². The van der Waals surface area contributed by atoms with Gasteiger partial charge in [0.2, 0.25) is 0 Å². The first-order chi connectivity index (χ1) is 8.23. The van der Waals surface area contributed by atoms with Gasteiger partial charge in [-0.05, 0) is 42.7 Å². The summed E-state index contributed by atoms with van der Waals surface area (Å²) in [6.07, 6.45) is 1.15. The molecule has 1 N–H and O–H groups in total. The van der Waals surface area contributed by atoms with E-state index < -0.39 is 0 Å². The van der Waals surface area contributed by atoms with Crippen molar-refractivity contribution in [3.8, 4) is 0 Å². The molecule has 1 atom stereocenters. The van der Waals surface area contributed by atoms with Gasteiger partial charge in [-0.1, -0.05) is 48.5 Å². The van der Waals surface area contributed by atoms with Gasteiger partial charge in [-0.25, -0.2) is 0 Å². The molecule has 0 aromatic carbocycles. The van der Waals surface area contributed by atoms with Crippen LogP contribution >= 0.6 is 0 Å². The van der Waals surface area contributed by atoms with E-state index in [0.717, 1.165) is 38.6 Å². The highest BCUT2D eigenvalue weighted by molar-refractivity contribution is 4.76. The fourth-order valence-electron chi connectivity index (χ4n) is 1.93. The number of ether oxygens (including phenoxy) is 1. The third-order valence-electron chi connectivity index (χ3n) is 3.23. The maximum atomic E-state index is 5.72. The smallest absolute Gasteiger partial charge is 0.0488 e. The monoisotopic (exact) mass is 257 g/mol. The van der Waals surface area contributed by atoms with Crippen molar-refractivity contribution < 1.29 is 4.74 Å². The molecular weight excluding hydrogens is 222 g/mol. The molecule has 0 aliphatic heterocycles. The maximum Gasteiger partial charge on any atom is 0.0488 e. The maximum absolute atomic E-state index is 5.72. The quantitative estimate of drug-likeness (QED) is 0.631.